The summed E-state index contributed by atoms with van der Waals surface area (Å²) in [5, 5.41) is 2.71. The number of amides is 1. The summed E-state index contributed by atoms with van der Waals surface area (Å²) in [6, 6.07) is 5.28. The molecule has 1 aromatic rings. The molecule has 0 aliphatic heterocycles. The molecule has 1 aromatic carbocycles. The summed E-state index contributed by atoms with van der Waals surface area (Å²) >= 11 is 0. The zero-order chi connectivity index (χ0) is 13.5. The van der Waals surface area contributed by atoms with Crippen LogP contribution in [0.4, 0.5) is 5.69 Å². The van der Waals surface area contributed by atoms with Crippen LogP contribution in [0.1, 0.15) is 29.3 Å². The van der Waals surface area contributed by atoms with Crippen molar-refractivity contribution < 1.29 is 14.3 Å². The second-order valence-electron chi connectivity index (χ2n) is 3.83. The van der Waals surface area contributed by atoms with Gasteiger partial charge in [0.1, 0.15) is 0 Å². The van der Waals surface area contributed by atoms with Crippen molar-refractivity contribution in [3.05, 3.63) is 41.7 Å². The van der Waals surface area contributed by atoms with Gasteiger partial charge < -0.3 is 10.1 Å². The van der Waals surface area contributed by atoms with Crippen molar-refractivity contribution >= 4 is 17.4 Å². The lowest BCUT2D eigenvalue weighted by molar-refractivity contribution is -0.112. The number of hydrogen-bond donors (Lipinski definition) is 1. The first kappa shape index (κ1) is 14.0. The minimum atomic E-state index is -0.291. The fraction of sp³-hybridized carbons (Fsp3) is 0.286. The van der Waals surface area contributed by atoms with E-state index in [0.717, 1.165) is 5.56 Å². The Morgan fingerprint density at radius 1 is 1.39 bits per heavy atom. The number of anilines is 1. The van der Waals surface area contributed by atoms with Gasteiger partial charge in [-0.3, -0.25) is 9.59 Å². The molecule has 1 rings (SSSR count). The number of rotatable bonds is 5. The van der Waals surface area contributed by atoms with Crippen molar-refractivity contribution in [2.45, 2.75) is 20.3 Å². The van der Waals surface area contributed by atoms with Crippen LogP contribution >= 0.6 is 0 Å². The van der Waals surface area contributed by atoms with Gasteiger partial charge in [-0.25, -0.2) is 0 Å². The van der Waals surface area contributed by atoms with Crippen LogP contribution in [0.25, 0.3) is 0 Å². The molecule has 0 fully saturated rings. The van der Waals surface area contributed by atoms with Crippen molar-refractivity contribution in [3.8, 4) is 0 Å². The summed E-state index contributed by atoms with van der Waals surface area (Å²) in [6.45, 7) is 3.68. The molecule has 18 heavy (non-hydrogen) atoms. The van der Waals surface area contributed by atoms with Gasteiger partial charge in [-0.2, -0.15) is 0 Å². The van der Waals surface area contributed by atoms with E-state index in [2.05, 4.69) is 10.1 Å². The number of methoxy groups -OCH3 is 1. The van der Waals surface area contributed by atoms with Crippen LogP contribution in [-0.2, 0) is 9.53 Å². The lowest BCUT2D eigenvalue weighted by atomic mass is 10.1. The van der Waals surface area contributed by atoms with E-state index in [-0.39, 0.29) is 11.7 Å². The van der Waals surface area contributed by atoms with Crippen molar-refractivity contribution in [1.82, 2.24) is 0 Å². The summed E-state index contributed by atoms with van der Waals surface area (Å²) < 4.78 is 4.66. The first-order chi connectivity index (χ1) is 8.58. The molecule has 0 radical (unpaired) electrons. The highest BCUT2D eigenvalue weighted by molar-refractivity contribution is 6.02. The first-order valence-electron chi connectivity index (χ1n) is 5.72. The highest BCUT2D eigenvalue weighted by atomic mass is 16.5. The normalized spacial score (nSPS) is 10.4. The molecule has 0 spiro atoms. The summed E-state index contributed by atoms with van der Waals surface area (Å²) in [5.74, 6) is -0.237. The van der Waals surface area contributed by atoms with Gasteiger partial charge in [-0.05, 0) is 18.6 Å². The highest BCUT2D eigenvalue weighted by Gasteiger charge is 2.07. The van der Waals surface area contributed by atoms with Crippen molar-refractivity contribution in [2.75, 3.05) is 12.4 Å². The SMILES string of the molecule is CCC(=O)c1ccc(C)c(NC(=O)/C=C/OC)c1. The lowest BCUT2D eigenvalue weighted by Gasteiger charge is -2.08. The molecular weight excluding hydrogens is 230 g/mol. The molecule has 0 bridgehead atoms. The number of aryl methyl sites for hydroxylation is 1. The summed E-state index contributed by atoms with van der Waals surface area (Å²) in [6.07, 6.45) is 3.03. The van der Waals surface area contributed by atoms with E-state index in [1.165, 1.54) is 19.4 Å². The fourth-order valence-electron chi connectivity index (χ4n) is 1.44. The molecule has 0 aliphatic rings. The monoisotopic (exact) mass is 247 g/mol. The standard InChI is InChI=1S/C14H17NO3/c1-4-13(16)11-6-5-10(2)12(9-11)15-14(17)7-8-18-3/h5-9H,4H2,1-3H3,(H,15,17)/b8-7+. The third-order valence-electron chi connectivity index (χ3n) is 2.49. The van der Waals surface area contributed by atoms with E-state index in [0.29, 0.717) is 17.7 Å². The summed E-state index contributed by atoms with van der Waals surface area (Å²) in [5.41, 5.74) is 2.15. The molecule has 1 amide bonds. The molecule has 0 saturated carbocycles. The van der Waals surface area contributed by atoms with E-state index in [1.807, 2.05) is 19.9 Å². The molecule has 96 valence electrons. The van der Waals surface area contributed by atoms with E-state index in [1.54, 1.807) is 12.1 Å². The number of hydrogen-bond acceptors (Lipinski definition) is 3. The van der Waals surface area contributed by atoms with Gasteiger partial charge in [-0.1, -0.05) is 19.1 Å². The van der Waals surface area contributed by atoms with Crippen molar-refractivity contribution in [2.24, 2.45) is 0 Å². The molecule has 0 aliphatic carbocycles. The second kappa shape index (κ2) is 6.59. The maximum atomic E-state index is 11.6. The number of ketones is 1. The molecule has 0 aromatic heterocycles. The Bertz CT molecular complexity index is 478. The van der Waals surface area contributed by atoms with Gasteiger partial charge in [0, 0.05) is 23.7 Å². The van der Waals surface area contributed by atoms with Crippen LogP contribution in [0.3, 0.4) is 0 Å². The maximum absolute atomic E-state index is 11.6. The van der Waals surface area contributed by atoms with Gasteiger partial charge in [0.15, 0.2) is 5.78 Å². The smallest absolute Gasteiger partial charge is 0.251 e. The Balaban J connectivity index is 2.91. The average Bonchev–Trinajstić information content (AvgIpc) is 2.38. The Hall–Kier alpha value is -2.10. The van der Waals surface area contributed by atoms with Crippen LogP contribution < -0.4 is 5.32 Å². The molecule has 0 heterocycles. The van der Waals surface area contributed by atoms with Crippen LogP contribution in [0.5, 0.6) is 0 Å². The molecule has 0 unspecified atom stereocenters. The Kier molecular flexibility index (Phi) is 5.11. The molecule has 0 atom stereocenters. The lowest BCUT2D eigenvalue weighted by Crippen LogP contribution is -2.10. The number of benzene rings is 1. The highest BCUT2D eigenvalue weighted by Crippen LogP contribution is 2.18. The van der Waals surface area contributed by atoms with Crippen LogP contribution in [0.15, 0.2) is 30.5 Å². The van der Waals surface area contributed by atoms with E-state index in [9.17, 15) is 9.59 Å². The third kappa shape index (κ3) is 3.73. The largest absolute Gasteiger partial charge is 0.504 e. The van der Waals surface area contributed by atoms with Crippen LogP contribution in [-0.4, -0.2) is 18.8 Å². The second-order valence-corrected chi connectivity index (χ2v) is 3.83. The number of ether oxygens (including phenoxy) is 1. The summed E-state index contributed by atoms with van der Waals surface area (Å²) in [7, 11) is 1.47. The molecule has 0 saturated heterocycles. The summed E-state index contributed by atoms with van der Waals surface area (Å²) in [4.78, 5) is 23.1. The number of nitrogens with one attached hydrogen (secondary N) is 1. The first-order valence-corrected chi connectivity index (χ1v) is 5.72. The Morgan fingerprint density at radius 2 is 2.11 bits per heavy atom. The minimum Gasteiger partial charge on any atom is -0.504 e. The van der Waals surface area contributed by atoms with Crippen LogP contribution in [0, 0.1) is 6.92 Å². The van der Waals surface area contributed by atoms with Gasteiger partial charge in [0.2, 0.25) is 0 Å². The van der Waals surface area contributed by atoms with E-state index in [4.69, 9.17) is 0 Å². The fourth-order valence-corrected chi connectivity index (χ4v) is 1.44. The molecular formula is C14H17NO3. The molecule has 4 nitrogen and oxygen atoms in total. The predicted molar refractivity (Wildman–Crippen MR) is 70.6 cm³/mol. The van der Waals surface area contributed by atoms with E-state index < -0.39 is 0 Å². The molecule has 4 heteroatoms. The average molecular weight is 247 g/mol. The topological polar surface area (TPSA) is 55.4 Å². The maximum Gasteiger partial charge on any atom is 0.251 e. The Morgan fingerprint density at radius 3 is 2.72 bits per heavy atom. The Labute approximate surface area is 107 Å². The third-order valence-corrected chi connectivity index (χ3v) is 2.49. The van der Waals surface area contributed by atoms with Gasteiger partial charge in [-0.15, -0.1) is 0 Å². The van der Waals surface area contributed by atoms with Gasteiger partial charge >= 0.3 is 0 Å². The number of Topliss-reactive ketones (excluding diaryl/α,β-unsaturated/α-hetero) is 1. The molecule has 1 N–H and O–H groups in total. The van der Waals surface area contributed by atoms with Crippen LogP contribution in [0.2, 0.25) is 0 Å². The number of carbonyl (C=O) groups is 2. The van der Waals surface area contributed by atoms with Crippen molar-refractivity contribution in [1.29, 1.82) is 0 Å². The van der Waals surface area contributed by atoms with Gasteiger partial charge in [0.05, 0.1) is 13.4 Å². The van der Waals surface area contributed by atoms with Gasteiger partial charge in [0.25, 0.3) is 5.91 Å². The van der Waals surface area contributed by atoms with E-state index >= 15 is 0 Å². The zero-order valence-corrected chi connectivity index (χ0v) is 10.8. The zero-order valence-electron chi connectivity index (χ0n) is 10.8. The number of carbonyl (C=O) groups excluding carboxylic acids is 2. The van der Waals surface area contributed by atoms with Crippen molar-refractivity contribution in [3.63, 3.8) is 0 Å². The minimum absolute atomic E-state index is 0.0536. The quantitative estimate of drug-likeness (QED) is 0.494. The predicted octanol–water partition coefficient (Wildman–Crippen LogP) is 2.69.